The Balaban J connectivity index is 2.17. The number of para-hydroxylation sites is 1. The molecule has 0 saturated heterocycles. The molecule has 0 aliphatic heterocycles. The molecular weight excluding hydrogens is 306 g/mol. The van der Waals surface area contributed by atoms with Gasteiger partial charge >= 0.3 is 0 Å². The number of nitrogens with one attached hydrogen (secondary N) is 1. The Morgan fingerprint density at radius 2 is 1.28 bits per heavy atom. The number of Topliss-reactive ketones (excluding diaryl/α,β-unsaturated/α-hetero) is 1. The average Bonchev–Trinajstić information content (AvgIpc) is 2.67. The van der Waals surface area contributed by atoms with E-state index in [2.05, 4.69) is 29.2 Å². The summed E-state index contributed by atoms with van der Waals surface area (Å²) in [6, 6.07) is 28.3. The topological polar surface area (TPSA) is 31.2 Å². The van der Waals surface area contributed by atoms with Gasteiger partial charge in [0, 0.05) is 17.2 Å². The van der Waals surface area contributed by atoms with Gasteiger partial charge in [0.1, 0.15) is 0 Å². The minimum absolute atomic E-state index is 0.0553. The van der Waals surface area contributed by atoms with Crippen molar-refractivity contribution in [1.82, 2.24) is 0 Å². The van der Waals surface area contributed by atoms with Gasteiger partial charge in [0.2, 0.25) is 11.2 Å². The number of pyridine rings is 1. The van der Waals surface area contributed by atoms with E-state index in [4.69, 9.17) is 0 Å². The molecule has 120 valence electrons. The van der Waals surface area contributed by atoms with Crippen molar-refractivity contribution in [3.63, 3.8) is 0 Å². The van der Waals surface area contributed by atoms with Gasteiger partial charge in [-0.05, 0) is 30.7 Å². The van der Waals surface area contributed by atoms with Crippen molar-refractivity contribution in [2.24, 2.45) is 0 Å². The second kappa shape index (κ2) is 6.33. The number of hydrogen-bond donors (Lipinski definition) is 0. The molecule has 1 heterocycles. The standard InChI is InChI=1S/C23H17NO/c1-16(25)21-22(17-10-4-2-5-11-17)19-14-8-9-15-20(19)24-23(21)18-12-6-3-7-13-18/h2-15H,1H3/p+1. The Bertz CT molecular complexity index is 1050. The monoisotopic (exact) mass is 324 g/mol. The number of carbonyl (C=O) groups excluding carboxylic acids is 1. The van der Waals surface area contributed by atoms with E-state index in [1.54, 1.807) is 6.92 Å². The Hall–Kier alpha value is -3.26. The molecule has 0 spiro atoms. The summed E-state index contributed by atoms with van der Waals surface area (Å²) in [6.45, 7) is 1.64. The molecule has 0 bridgehead atoms. The molecule has 0 radical (unpaired) electrons. The zero-order valence-corrected chi connectivity index (χ0v) is 14.0. The van der Waals surface area contributed by atoms with E-state index in [1.807, 2.05) is 60.7 Å². The zero-order valence-electron chi connectivity index (χ0n) is 14.0. The number of rotatable bonds is 3. The minimum atomic E-state index is 0.0553. The highest BCUT2D eigenvalue weighted by atomic mass is 16.1. The van der Waals surface area contributed by atoms with E-state index in [0.717, 1.165) is 38.9 Å². The lowest BCUT2D eigenvalue weighted by Crippen LogP contribution is -2.16. The third-order valence-electron chi connectivity index (χ3n) is 4.43. The van der Waals surface area contributed by atoms with Crippen molar-refractivity contribution < 1.29 is 9.78 Å². The highest BCUT2D eigenvalue weighted by Gasteiger charge is 2.25. The summed E-state index contributed by atoms with van der Waals surface area (Å²) in [7, 11) is 0. The Morgan fingerprint density at radius 3 is 1.92 bits per heavy atom. The van der Waals surface area contributed by atoms with Crippen LogP contribution in [0.5, 0.6) is 0 Å². The summed E-state index contributed by atoms with van der Waals surface area (Å²) in [5, 5.41) is 1.05. The molecule has 0 aliphatic rings. The van der Waals surface area contributed by atoms with Crippen LogP contribution in [0.25, 0.3) is 33.3 Å². The first-order valence-corrected chi connectivity index (χ1v) is 8.35. The number of benzene rings is 3. The third kappa shape index (κ3) is 2.72. The predicted octanol–water partition coefficient (Wildman–Crippen LogP) is 5.19. The summed E-state index contributed by atoms with van der Waals surface area (Å²) in [4.78, 5) is 16.1. The van der Waals surface area contributed by atoms with Gasteiger partial charge < -0.3 is 0 Å². The number of carbonyl (C=O) groups is 1. The molecular formula is C23H18NO+. The van der Waals surface area contributed by atoms with Crippen molar-refractivity contribution in [1.29, 1.82) is 0 Å². The fraction of sp³-hybridized carbons (Fsp3) is 0.0435. The summed E-state index contributed by atoms with van der Waals surface area (Å²) >= 11 is 0. The van der Waals surface area contributed by atoms with Gasteiger partial charge in [0.25, 0.3) is 0 Å². The maximum absolute atomic E-state index is 12.7. The molecule has 2 nitrogen and oxygen atoms in total. The number of aromatic nitrogens is 1. The molecule has 2 heteroatoms. The molecule has 1 N–H and O–H groups in total. The molecule has 3 aromatic carbocycles. The molecule has 0 aliphatic carbocycles. The van der Waals surface area contributed by atoms with Crippen LogP contribution in [-0.2, 0) is 0 Å². The smallest absolute Gasteiger partial charge is 0.222 e. The minimum Gasteiger partial charge on any atom is -0.294 e. The lowest BCUT2D eigenvalue weighted by molar-refractivity contribution is -0.331. The molecule has 1 aromatic heterocycles. The Morgan fingerprint density at radius 1 is 0.720 bits per heavy atom. The fourth-order valence-electron chi connectivity index (χ4n) is 3.35. The summed E-state index contributed by atoms with van der Waals surface area (Å²) in [6.07, 6.45) is 0. The van der Waals surface area contributed by atoms with Gasteiger partial charge in [-0.15, -0.1) is 0 Å². The first-order valence-electron chi connectivity index (χ1n) is 8.35. The van der Waals surface area contributed by atoms with E-state index >= 15 is 0 Å². The first kappa shape index (κ1) is 15.3. The van der Waals surface area contributed by atoms with Crippen LogP contribution in [0.3, 0.4) is 0 Å². The highest BCUT2D eigenvalue weighted by Crippen LogP contribution is 2.35. The van der Waals surface area contributed by atoms with Crippen molar-refractivity contribution in [3.8, 4) is 22.4 Å². The van der Waals surface area contributed by atoms with Gasteiger partial charge in [-0.2, -0.15) is 0 Å². The number of aromatic amines is 1. The van der Waals surface area contributed by atoms with Gasteiger partial charge in [0.15, 0.2) is 5.78 Å². The molecule has 0 fully saturated rings. The second-order valence-electron chi connectivity index (χ2n) is 6.08. The number of ketones is 1. The van der Waals surface area contributed by atoms with Crippen LogP contribution in [0.2, 0.25) is 0 Å². The second-order valence-corrected chi connectivity index (χ2v) is 6.08. The first-order chi connectivity index (χ1) is 12.3. The maximum Gasteiger partial charge on any atom is 0.222 e. The Labute approximate surface area is 146 Å². The molecule has 0 unspecified atom stereocenters. The van der Waals surface area contributed by atoms with Crippen LogP contribution >= 0.6 is 0 Å². The largest absolute Gasteiger partial charge is 0.294 e. The third-order valence-corrected chi connectivity index (χ3v) is 4.43. The van der Waals surface area contributed by atoms with Crippen LogP contribution < -0.4 is 4.98 Å². The van der Waals surface area contributed by atoms with Crippen LogP contribution in [0.4, 0.5) is 0 Å². The molecule has 0 saturated carbocycles. The van der Waals surface area contributed by atoms with Crippen LogP contribution in [0.1, 0.15) is 17.3 Å². The quantitative estimate of drug-likeness (QED) is 0.477. The van der Waals surface area contributed by atoms with E-state index in [-0.39, 0.29) is 5.78 Å². The number of fused-ring (bicyclic) bond motifs is 1. The van der Waals surface area contributed by atoms with E-state index < -0.39 is 0 Å². The van der Waals surface area contributed by atoms with E-state index in [0.29, 0.717) is 0 Å². The normalized spacial score (nSPS) is 10.8. The summed E-state index contributed by atoms with van der Waals surface area (Å²) in [5.74, 6) is 0.0553. The van der Waals surface area contributed by atoms with E-state index in [1.165, 1.54) is 0 Å². The van der Waals surface area contributed by atoms with Crippen molar-refractivity contribution in [3.05, 3.63) is 90.5 Å². The zero-order chi connectivity index (χ0) is 17.2. The summed E-state index contributed by atoms with van der Waals surface area (Å²) < 4.78 is 0. The SMILES string of the molecule is CC(=O)c1c(-c2ccccc2)[nH+]c2ccccc2c1-c1ccccc1. The van der Waals surface area contributed by atoms with Crippen LogP contribution in [0, 0.1) is 0 Å². The molecule has 4 aromatic rings. The molecule has 4 rings (SSSR count). The number of H-pyrrole nitrogens is 1. The summed E-state index contributed by atoms with van der Waals surface area (Å²) in [5.41, 5.74) is 5.67. The van der Waals surface area contributed by atoms with Gasteiger partial charge in [-0.25, -0.2) is 4.98 Å². The molecule has 0 amide bonds. The average molecular weight is 324 g/mol. The van der Waals surface area contributed by atoms with Crippen molar-refractivity contribution in [2.75, 3.05) is 0 Å². The predicted molar refractivity (Wildman–Crippen MR) is 101 cm³/mol. The van der Waals surface area contributed by atoms with E-state index in [9.17, 15) is 4.79 Å². The van der Waals surface area contributed by atoms with Gasteiger partial charge in [-0.3, -0.25) is 4.79 Å². The van der Waals surface area contributed by atoms with Crippen molar-refractivity contribution in [2.45, 2.75) is 6.92 Å². The molecule has 25 heavy (non-hydrogen) atoms. The molecule has 0 atom stereocenters. The van der Waals surface area contributed by atoms with Crippen molar-refractivity contribution >= 4 is 16.7 Å². The fourth-order valence-corrected chi connectivity index (χ4v) is 3.35. The number of hydrogen-bond acceptors (Lipinski definition) is 1. The van der Waals surface area contributed by atoms with Gasteiger partial charge in [0.05, 0.1) is 10.9 Å². The lowest BCUT2D eigenvalue weighted by atomic mass is 9.90. The highest BCUT2D eigenvalue weighted by molar-refractivity contribution is 6.11. The maximum atomic E-state index is 12.7. The van der Waals surface area contributed by atoms with Gasteiger partial charge in [-0.1, -0.05) is 60.7 Å². The van der Waals surface area contributed by atoms with Crippen LogP contribution in [-0.4, -0.2) is 5.78 Å². The Kier molecular flexibility index (Phi) is 3.87. The lowest BCUT2D eigenvalue weighted by Gasteiger charge is -2.12. The van der Waals surface area contributed by atoms with Crippen LogP contribution in [0.15, 0.2) is 84.9 Å².